The number of esters is 1. The number of nitrogens with zero attached hydrogens (tertiary/aromatic N) is 1. The number of nitro benzene ring substituents is 1. The number of hydrogen-bond donors (Lipinski definition) is 0. The predicted molar refractivity (Wildman–Crippen MR) is 65.1 cm³/mol. The summed E-state index contributed by atoms with van der Waals surface area (Å²) in [7, 11) is -9.23. The Bertz CT molecular complexity index is 620. The number of carbonyl (C=O) groups excluding carboxylic acids is 1. The second kappa shape index (κ2) is 4.44. The van der Waals surface area contributed by atoms with Crippen LogP contribution in [0.25, 0.3) is 0 Å². The maximum atomic E-state index is 12.7. The van der Waals surface area contributed by atoms with E-state index in [2.05, 4.69) is 4.74 Å². The molecular weight excluding hydrogens is 349 g/mol. The highest BCUT2D eigenvalue weighted by molar-refractivity contribution is 8.45. The summed E-state index contributed by atoms with van der Waals surface area (Å²) in [6.45, 7) is 0. The summed E-state index contributed by atoms with van der Waals surface area (Å²) in [6.07, 6.45) is 0. The average molecular weight is 356 g/mol. The van der Waals surface area contributed by atoms with Gasteiger partial charge < -0.3 is 4.74 Å². The average Bonchev–Trinajstić information content (AvgIpc) is 2.33. The first kappa shape index (κ1) is 17.4. The first-order valence-corrected chi connectivity index (χ1v) is 7.30. The summed E-state index contributed by atoms with van der Waals surface area (Å²) < 4.78 is 67.5. The van der Waals surface area contributed by atoms with Gasteiger partial charge in [0.2, 0.25) is 0 Å². The summed E-state index contributed by atoms with van der Waals surface area (Å²) in [5.74, 6) is -1.32. The molecule has 1 rings (SSSR count). The number of hydrogen-bond acceptors (Lipinski definition) is 4. The van der Waals surface area contributed by atoms with Crippen LogP contribution in [0.2, 0.25) is 0 Å². The predicted octanol–water partition coefficient (Wildman–Crippen LogP) is 4.71. The third kappa shape index (κ3) is 3.94. The lowest BCUT2D eigenvalue weighted by Gasteiger charge is -2.40. The van der Waals surface area contributed by atoms with Crippen LogP contribution in [0.15, 0.2) is 23.1 Å². The van der Waals surface area contributed by atoms with E-state index in [9.17, 15) is 34.3 Å². The molecular formula is C9H7ClF5NO4S. The normalized spacial score (nSPS) is 16.5. The van der Waals surface area contributed by atoms with E-state index >= 15 is 0 Å². The fraction of sp³-hybridized carbons (Fsp3) is 0.222. The molecule has 5 nitrogen and oxygen atoms in total. The molecule has 0 saturated heterocycles. The van der Waals surface area contributed by atoms with Gasteiger partial charge in [-0.05, 0) is 12.1 Å². The van der Waals surface area contributed by atoms with Gasteiger partial charge in [0.25, 0.3) is 5.69 Å². The van der Waals surface area contributed by atoms with E-state index in [4.69, 9.17) is 11.6 Å². The van der Waals surface area contributed by atoms with Gasteiger partial charge in [-0.2, -0.15) is 0 Å². The van der Waals surface area contributed by atoms with Crippen LogP contribution < -0.4 is 0 Å². The number of rotatable bonds is 4. The molecule has 120 valence electrons. The number of methoxy groups -OCH3 is 1. The monoisotopic (exact) mass is 355 g/mol. The zero-order valence-electron chi connectivity index (χ0n) is 10.1. The summed E-state index contributed by atoms with van der Waals surface area (Å²) in [6, 6.07) is -0.140. The number of benzene rings is 1. The minimum absolute atomic E-state index is 0.135. The zero-order chi connectivity index (χ0) is 16.7. The van der Waals surface area contributed by atoms with Crippen molar-refractivity contribution in [1.29, 1.82) is 0 Å². The molecule has 1 unspecified atom stereocenters. The lowest BCUT2D eigenvalue weighted by atomic mass is 10.1. The van der Waals surface area contributed by atoms with Gasteiger partial charge in [-0.1, -0.05) is 19.4 Å². The van der Waals surface area contributed by atoms with Crippen molar-refractivity contribution >= 4 is 33.5 Å². The molecule has 1 aromatic carbocycles. The molecule has 0 fully saturated rings. The van der Waals surface area contributed by atoms with E-state index in [-0.39, 0.29) is 18.2 Å². The molecule has 0 amide bonds. The van der Waals surface area contributed by atoms with Crippen molar-refractivity contribution in [3.63, 3.8) is 0 Å². The second-order valence-electron chi connectivity index (χ2n) is 3.83. The topological polar surface area (TPSA) is 69.4 Å². The molecule has 0 aliphatic carbocycles. The van der Waals surface area contributed by atoms with Crippen LogP contribution in [-0.4, -0.2) is 18.0 Å². The third-order valence-electron chi connectivity index (χ3n) is 2.32. The van der Waals surface area contributed by atoms with Crippen molar-refractivity contribution in [2.75, 3.05) is 7.11 Å². The number of carbonyl (C=O) groups is 1. The quantitative estimate of drug-likeness (QED) is 0.258. The Morgan fingerprint density at radius 3 is 2.24 bits per heavy atom. The highest BCUT2D eigenvalue weighted by atomic mass is 35.5. The molecule has 1 aromatic rings. The van der Waals surface area contributed by atoms with Crippen molar-refractivity contribution in [1.82, 2.24) is 0 Å². The van der Waals surface area contributed by atoms with Crippen LogP contribution in [-0.2, 0) is 9.53 Å². The minimum Gasteiger partial charge on any atom is -0.468 e. The molecule has 12 heteroatoms. The molecule has 0 bridgehead atoms. The summed E-state index contributed by atoms with van der Waals surface area (Å²) >= 11 is 5.44. The van der Waals surface area contributed by atoms with Crippen LogP contribution >= 0.6 is 21.8 Å². The smallest absolute Gasteiger partial charge is 0.328 e. The number of nitro groups is 1. The van der Waals surface area contributed by atoms with Gasteiger partial charge in [-0.3, -0.25) is 14.9 Å². The third-order valence-corrected chi connectivity index (χ3v) is 3.88. The molecule has 0 N–H and O–H groups in total. The largest absolute Gasteiger partial charge is 0.468 e. The van der Waals surface area contributed by atoms with E-state index in [1.54, 1.807) is 0 Å². The van der Waals surface area contributed by atoms with Gasteiger partial charge >= 0.3 is 16.2 Å². The van der Waals surface area contributed by atoms with Gasteiger partial charge in [0.05, 0.1) is 17.6 Å². The highest BCUT2D eigenvalue weighted by Crippen LogP contribution is 3.02. The van der Waals surface area contributed by atoms with E-state index in [0.29, 0.717) is 0 Å². The lowest BCUT2D eigenvalue weighted by molar-refractivity contribution is -0.385. The molecule has 0 saturated carbocycles. The van der Waals surface area contributed by atoms with Gasteiger partial charge in [0, 0.05) is 6.07 Å². The minimum atomic E-state index is -10.1. The maximum absolute atomic E-state index is 12.7. The van der Waals surface area contributed by atoms with Gasteiger partial charge in [0.15, 0.2) is 5.38 Å². The van der Waals surface area contributed by atoms with E-state index in [1.807, 2.05) is 0 Å². The Morgan fingerprint density at radius 2 is 1.86 bits per heavy atom. The molecule has 0 spiro atoms. The standard InChI is InChI=1S/C9H7ClF5NO4S/c1-20-9(17)8(10)6-4-5(21(11,12,13,14)15)2-3-7(6)16(18)19/h2-4,8H,1H3. The summed E-state index contributed by atoms with van der Waals surface area (Å²) in [4.78, 5) is 18.3. The van der Waals surface area contributed by atoms with E-state index in [1.165, 1.54) is 0 Å². The second-order valence-corrected chi connectivity index (χ2v) is 6.68. The SMILES string of the molecule is COC(=O)C(Cl)c1cc(S(F)(F)(F)(F)F)ccc1[N+](=O)[O-]. The summed E-state index contributed by atoms with van der Waals surface area (Å²) in [5, 5.41) is 8.66. The van der Waals surface area contributed by atoms with Crippen molar-refractivity contribution in [3.8, 4) is 0 Å². The first-order chi connectivity index (χ1) is 9.17. The number of ether oxygens (including phenoxy) is 1. The summed E-state index contributed by atoms with van der Waals surface area (Å²) in [5.41, 5.74) is -2.04. The Labute approximate surface area is 119 Å². The van der Waals surface area contributed by atoms with E-state index in [0.717, 1.165) is 7.11 Å². The first-order valence-electron chi connectivity index (χ1n) is 4.91. The lowest BCUT2D eigenvalue weighted by Crippen LogP contribution is -2.13. The molecule has 1 atom stereocenters. The van der Waals surface area contributed by atoms with Crippen molar-refractivity contribution in [2.24, 2.45) is 0 Å². The Hall–Kier alpha value is -1.62. The molecule has 0 aliphatic rings. The van der Waals surface area contributed by atoms with Crippen molar-refractivity contribution in [2.45, 2.75) is 10.3 Å². The zero-order valence-corrected chi connectivity index (χ0v) is 11.6. The van der Waals surface area contributed by atoms with Crippen LogP contribution in [0.4, 0.5) is 25.1 Å². The van der Waals surface area contributed by atoms with Crippen molar-refractivity contribution in [3.05, 3.63) is 33.9 Å². The highest BCUT2D eigenvalue weighted by Gasteiger charge is 2.65. The van der Waals surface area contributed by atoms with Crippen LogP contribution in [0.1, 0.15) is 10.9 Å². The molecule has 0 aromatic heterocycles. The molecule has 0 aliphatic heterocycles. The number of alkyl halides is 1. The van der Waals surface area contributed by atoms with Gasteiger partial charge in [-0.15, -0.1) is 11.6 Å². The van der Waals surface area contributed by atoms with Crippen molar-refractivity contribution < 1.29 is 33.9 Å². The Morgan fingerprint density at radius 1 is 1.33 bits per heavy atom. The fourth-order valence-electron chi connectivity index (χ4n) is 1.37. The fourth-order valence-corrected chi connectivity index (χ4v) is 2.31. The molecule has 21 heavy (non-hydrogen) atoms. The van der Waals surface area contributed by atoms with Gasteiger partial charge in [-0.25, -0.2) is 0 Å². The molecule has 0 radical (unpaired) electrons. The number of halogens is 6. The molecule has 0 heterocycles. The Kier molecular flexibility index (Phi) is 3.68. The maximum Gasteiger partial charge on any atom is 0.328 e. The Balaban J connectivity index is 3.61. The van der Waals surface area contributed by atoms with Crippen LogP contribution in [0, 0.1) is 10.1 Å². The van der Waals surface area contributed by atoms with Crippen LogP contribution in [0.3, 0.4) is 0 Å². The van der Waals surface area contributed by atoms with Gasteiger partial charge in [0.1, 0.15) is 4.90 Å². The van der Waals surface area contributed by atoms with Crippen LogP contribution in [0.5, 0.6) is 0 Å². The van der Waals surface area contributed by atoms with E-state index < -0.39 is 42.6 Å².